The number of hydrogen-bond acceptors (Lipinski definition) is 4. The fourth-order valence-corrected chi connectivity index (χ4v) is 2.79. The Bertz CT molecular complexity index is 1060. The maximum atomic E-state index is 13.1. The lowest BCUT2D eigenvalue weighted by molar-refractivity contribution is 0.486. The van der Waals surface area contributed by atoms with Crippen molar-refractivity contribution in [2.75, 3.05) is 0 Å². The average molecular weight is 307 g/mol. The van der Waals surface area contributed by atoms with Crippen molar-refractivity contribution in [3.05, 3.63) is 65.6 Å². The minimum Gasteiger partial charge on any atom is -0.505 e. The third kappa shape index (κ3) is 1.88. The fraction of sp³-hybridized carbons (Fsp3) is 0. The Morgan fingerprint density at radius 3 is 2.43 bits per heavy atom. The molecule has 1 aromatic heterocycles. The molecule has 0 saturated carbocycles. The predicted molar refractivity (Wildman–Crippen MR) is 85.7 cm³/mol. The molecule has 4 aromatic rings. The summed E-state index contributed by atoms with van der Waals surface area (Å²) in [5.41, 5.74) is 1.47. The van der Waals surface area contributed by atoms with E-state index < -0.39 is 0 Å². The molecule has 23 heavy (non-hydrogen) atoms. The second-order valence-electron chi connectivity index (χ2n) is 5.12. The minimum atomic E-state index is -0.358. The van der Waals surface area contributed by atoms with E-state index in [9.17, 15) is 14.4 Å². The quantitative estimate of drug-likeness (QED) is 0.557. The van der Waals surface area contributed by atoms with Crippen molar-refractivity contribution >= 4 is 27.5 Å². The number of nitrogens with zero attached hydrogens (tertiary/aromatic N) is 3. The zero-order valence-corrected chi connectivity index (χ0v) is 11.8. The standard InChI is InChI=1S/C17H10FN3O2/c18-10-5-7-11(8-6-10)21-9-19-15-14(20-23)12-3-1-2-4-13(12)17(22)16(15)21/h1-9,22H. The highest BCUT2D eigenvalue weighted by Gasteiger charge is 2.19. The summed E-state index contributed by atoms with van der Waals surface area (Å²) in [5.74, 6) is -0.354. The molecule has 5 nitrogen and oxygen atoms in total. The van der Waals surface area contributed by atoms with Gasteiger partial charge in [0.15, 0.2) is 0 Å². The molecule has 6 heteroatoms. The first-order chi connectivity index (χ1) is 11.2. The van der Waals surface area contributed by atoms with Crippen molar-refractivity contribution in [1.29, 1.82) is 0 Å². The third-order valence-electron chi connectivity index (χ3n) is 3.85. The molecular formula is C17H10FN3O2. The van der Waals surface area contributed by atoms with E-state index in [2.05, 4.69) is 10.2 Å². The van der Waals surface area contributed by atoms with Crippen LogP contribution in [0.15, 0.2) is 60.0 Å². The van der Waals surface area contributed by atoms with Gasteiger partial charge in [-0.1, -0.05) is 24.3 Å². The molecule has 0 fully saturated rings. The van der Waals surface area contributed by atoms with Crippen molar-refractivity contribution in [3.63, 3.8) is 0 Å². The molecule has 0 amide bonds. The van der Waals surface area contributed by atoms with Gasteiger partial charge < -0.3 is 5.11 Å². The van der Waals surface area contributed by atoms with Crippen LogP contribution in [-0.2, 0) is 0 Å². The fourth-order valence-electron chi connectivity index (χ4n) is 2.79. The van der Waals surface area contributed by atoms with Crippen LogP contribution in [-0.4, -0.2) is 14.7 Å². The Kier molecular flexibility index (Phi) is 2.84. The summed E-state index contributed by atoms with van der Waals surface area (Å²) < 4.78 is 14.7. The molecule has 1 heterocycles. The van der Waals surface area contributed by atoms with Crippen molar-refractivity contribution in [2.24, 2.45) is 5.18 Å². The number of hydrogen-bond donors (Lipinski definition) is 1. The van der Waals surface area contributed by atoms with E-state index in [0.717, 1.165) is 0 Å². The number of aromatic hydroxyl groups is 1. The molecule has 0 aliphatic rings. The topological polar surface area (TPSA) is 67.5 Å². The van der Waals surface area contributed by atoms with Crippen molar-refractivity contribution in [3.8, 4) is 11.4 Å². The number of rotatable bonds is 2. The van der Waals surface area contributed by atoms with Crippen LogP contribution in [0.5, 0.6) is 5.75 Å². The van der Waals surface area contributed by atoms with Gasteiger partial charge in [-0.15, -0.1) is 4.91 Å². The lowest BCUT2D eigenvalue weighted by atomic mass is 10.1. The maximum Gasteiger partial charge on any atom is 0.149 e. The highest BCUT2D eigenvalue weighted by molar-refractivity contribution is 6.12. The van der Waals surface area contributed by atoms with Crippen LogP contribution in [0, 0.1) is 10.7 Å². The first kappa shape index (κ1) is 13.4. The lowest BCUT2D eigenvalue weighted by Crippen LogP contribution is -1.93. The zero-order valence-electron chi connectivity index (χ0n) is 11.8. The number of aromatic nitrogens is 2. The number of phenols is 1. The number of benzene rings is 3. The van der Waals surface area contributed by atoms with Gasteiger partial charge in [-0.3, -0.25) is 4.57 Å². The lowest BCUT2D eigenvalue weighted by Gasteiger charge is -2.09. The second kappa shape index (κ2) is 4.88. The molecule has 4 rings (SSSR count). The van der Waals surface area contributed by atoms with Gasteiger partial charge in [-0.05, 0) is 29.4 Å². The average Bonchev–Trinajstić information content (AvgIpc) is 3.01. The van der Waals surface area contributed by atoms with Gasteiger partial charge in [0.05, 0.1) is 0 Å². The van der Waals surface area contributed by atoms with Crippen LogP contribution in [0.2, 0.25) is 0 Å². The Balaban J connectivity index is 2.15. The Morgan fingerprint density at radius 2 is 1.74 bits per heavy atom. The number of fused-ring (bicyclic) bond motifs is 2. The molecule has 0 spiro atoms. The van der Waals surface area contributed by atoms with E-state index in [-0.39, 0.29) is 17.3 Å². The molecule has 0 aliphatic carbocycles. The number of imidazole rings is 1. The molecule has 0 aliphatic heterocycles. The van der Waals surface area contributed by atoms with Gasteiger partial charge in [0.1, 0.15) is 34.6 Å². The molecule has 0 saturated heterocycles. The summed E-state index contributed by atoms with van der Waals surface area (Å²) in [6.07, 6.45) is 1.48. The first-order valence-electron chi connectivity index (χ1n) is 6.90. The van der Waals surface area contributed by atoms with Crippen LogP contribution in [0.3, 0.4) is 0 Å². The van der Waals surface area contributed by atoms with E-state index in [1.54, 1.807) is 41.0 Å². The second-order valence-corrected chi connectivity index (χ2v) is 5.12. The molecule has 112 valence electrons. The third-order valence-corrected chi connectivity index (χ3v) is 3.85. The highest BCUT2D eigenvalue weighted by Crippen LogP contribution is 2.41. The number of phenolic OH excluding ortho intramolecular Hbond substituents is 1. The van der Waals surface area contributed by atoms with Crippen molar-refractivity contribution in [1.82, 2.24) is 9.55 Å². The van der Waals surface area contributed by atoms with Crippen LogP contribution < -0.4 is 0 Å². The summed E-state index contributed by atoms with van der Waals surface area (Å²) in [6.45, 7) is 0. The van der Waals surface area contributed by atoms with E-state index >= 15 is 0 Å². The van der Waals surface area contributed by atoms with E-state index in [1.165, 1.54) is 18.5 Å². The Hall–Kier alpha value is -3.28. The van der Waals surface area contributed by atoms with Gasteiger partial charge in [-0.25, -0.2) is 9.37 Å². The van der Waals surface area contributed by atoms with E-state index in [1.807, 2.05) is 0 Å². The van der Waals surface area contributed by atoms with Crippen LogP contribution >= 0.6 is 0 Å². The van der Waals surface area contributed by atoms with E-state index in [4.69, 9.17) is 0 Å². The van der Waals surface area contributed by atoms with Gasteiger partial charge in [-0.2, -0.15) is 0 Å². The molecule has 0 unspecified atom stereocenters. The molecule has 1 N–H and O–H groups in total. The monoisotopic (exact) mass is 307 g/mol. The molecule has 0 radical (unpaired) electrons. The number of nitroso groups, excluding NO2 is 1. The summed E-state index contributed by atoms with van der Waals surface area (Å²) in [7, 11) is 0. The van der Waals surface area contributed by atoms with Gasteiger partial charge >= 0.3 is 0 Å². The minimum absolute atomic E-state index is 0.00447. The van der Waals surface area contributed by atoms with Crippen LogP contribution in [0.4, 0.5) is 10.1 Å². The van der Waals surface area contributed by atoms with E-state index in [0.29, 0.717) is 27.5 Å². The van der Waals surface area contributed by atoms with Crippen LogP contribution in [0.1, 0.15) is 0 Å². The largest absolute Gasteiger partial charge is 0.505 e. The smallest absolute Gasteiger partial charge is 0.149 e. The zero-order chi connectivity index (χ0) is 16.0. The van der Waals surface area contributed by atoms with Crippen molar-refractivity contribution in [2.45, 2.75) is 0 Å². The van der Waals surface area contributed by atoms with Gasteiger partial charge in [0.2, 0.25) is 0 Å². The predicted octanol–water partition coefficient (Wildman–Crippen LogP) is 4.42. The normalized spacial score (nSPS) is 11.2. The van der Waals surface area contributed by atoms with Gasteiger partial charge in [0, 0.05) is 16.5 Å². The number of halogens is 1. The molecule has 0 atom stereocenters. The Morgan fingerprint density at radius 1 is 1.04 bits per heavy atom. The molecular weight excluding hydrogens is 297 g/mol. The maximum absolute atomic E-state index is 13.1. The summed E-state index contributed by atoms with van der Waals surface area (Å²) >= 11 is 0. The summed E-state index contributed by atoms with van der Waals surface area (Å²) in [6, 6.07) is 12.7. The SMILES string of the molecule is O=Nc1c2ccccc2c(O)c2c1ncn2-c1ccc(F)cc1. The molecule has 0 bridgehead atoms. The summed E-state index contributed by atoms with van der Waals surface area (Å²) in [5, 5.41) is 14.8. The van der Waals surface area contributed by atoms with Gasteiger partial charge in [0.25, 0.3) is 0 Å². The molecule has 3 aromatic carbocycles. The van der Waals surface area contributed by atoms with Crippen molar-refractivity contribution < 1.29 is 9.50 Å². The summed E-state index contributed by atoms with van der Waals surface area (Å²) in [4.78, 5) is 15.5. The highest BCUT2D eigenvalue weighted by atomic mass is 19.1. The Labute approximate surface area is 129 Å². The first-order valence-corrected chi connectivity index (χ1v) is 6.90. The van der Waals surface area contributed by atoms with Crippen LogP contribution in [0.25, 0.3) is 27.5 Å².